The molecule has 122 heavy (non-hydrogen) atoms. The molecule has 20 rings (SSSR count). The molecule has 0 aliphatic carbocycles. The van der Waals surface area contributed by atoms with Crippen molar-refractivity contribution in [2.45, 2.75) is 93.4 Å². The molecule has 0 saturated carbocycles. The van der Waals surface area contributed by atoms with Gasteiger partial charge in [-0.2, -0.15) is 20.4 Å². The average molecular weight is 1650 g/mol. The highest BCUT2D eigenvalue weighted by molar-refractivity contribution is 5.95. The Hall–Kier alpha value is -14.7. The highest BCUT2D eigenvalue weighted by Crippen LogP contribution is 2.38. The third-order valence-corrected chi connectivity index (χ3v) is 21.8. The van der Waals surface area contributed by atoms with Gasteiger partial charge in [0, 0.05) is 190 Å². The number of fused-ring (bicyclic) bond motifs is 8. The zero-order chi connectivity index (χ0) is 85.1. The maximum Gasteiger partial charge on any atom is 0.273 e. The summed E-state index contributed by atoms with van der Waals surface area (Å²) in [7, 11) is 12.4. The monoisotopic (exact) mass is 1650 g/mol. The van der Waals surface area contributed by atoms with Gasteiger partial charge in [-0.3, -0.25) is 45.9 Å². The minimum absolute atomic E-state index is 0.220. The van der Waals surface area contributed by atoms with Gasteiger partial charge in [0.15, 0.2) is 22.6 Å². The topological polar surface area (TPSA) is 326 Å². The molecule has 624 valence electrons. The quantitative estimate of drug-likeness (QED) is 0.0533. The number of benzene rings is 4. The number of hydrogen-bond donors (Lipinski definition) is 5. The van der Waals surface area contributed by atoms with E-state index in [1.165, 1.54) is 34.2 Å². The molecule has 16 aromatic rings. The smallest absolute Gasteiger partial charge is 0.273 e. The second-order valence-corrected chi connectivity index (χ2v) is 30.4. The van der Waals surface area contributed by atoms with Crippen molar-refractivity contribution in [1.29, 1.82) is 0 Å². The van der Waals surface area contributed by atoms with Gasteiger partial charge in [0.25, 0.3) is 11.8 Å². The van der Waals surface area contributed by atoms with Crippen molar-refractivity contribution in [2.24, 2.45) is 28.2 Å². The number of amides is 2. The number of ether oxygens (including phenoxy) is 4. The number of nitrogens with one attached hydrogen (secondary N) is 5. The number of aryl methyl sites for hydroxylation is 10. The number of carbonyl (C=O) groups is 2. The normalized spacial score (nSPS) is 12.8. The zero-order valence-corrected chi connectivity index (χ0v) is 69.6. The summed E-state index contributed by atoms with van der Waals surface area (Å²) >= 11 is 0. The Morgan fingerprint density at radius 2 is 0.721 bits per heavy atom. The summed E-state index contributed by atoms with van der Waals surface area (Å²) in [6.07, 6.45) is 17.2. The lowest BCUT2D eigenvalue weighted by Gasteiger charge is -2.13. The number of imidazole rings is 4. The summed E-state index contributed by atoms with van der Waals surface area (Å²) in [5, 5.41) is 33.5. The second-order valence-electron chi connectivity index (χ2n) is 30.4. The maximum atomic E-state index is 14.6. The van der Waals surface area contributed by atoms with Crippen LogP contribution in [0.4, 0.5) is 37.0 Å². The molecule has 12 aromatic heterocycles. The Balaban J connectivity index is 0.000000116. The third kappa shape index (κ3) is 15.5. The molecule has 0 saturated heterocycles. The van der Waals surface area contributed by atoms with Crippen molar-refractivity contribution in [2.75, 3.05) is 68.8 Å². The van der Waals surface area contributed by atoms with E-state index in [2.05, 4.69) is 89.0 Å². The average Bonchev–Trinajstić information content (AvgIpc) is 1.68. The van der Waals surface area contributed by atoms with Crippen LogP contribution in [0.5, 0.6) is 23.0 Å². The van der Waals surface area contributed by atoms with Crippen molar-refractivity contribution in [3.63, 3.8) is 0 Å². The van der Waals surface area contributed by atoms with Crippen LogP contribution in [0.25, 0.3) is 67.6 Å². The van der Waals surface area contributed by atoms with Crippen molar-refractivity contribution in [1.82, 2.24) is 107 Å². The Morgan fingerprint density at radius 3 is 1.07 bits per heavy atom. The molecular weight excluding hydrogens is 1560 g/mol. The van der Waals surface area contributed by atoms with Crippen LogP contribution in [0.2, 0.25) is 0 Å². The molecule has 35 heteroatoms. The highest BCUT2D eigenvalue weighted by Gasteiger charge is 2.28. The van der Waals surface area contributed by atoms with Crippen LogP contribution < -0.4 is 45.5 Å². The summed E-state index contributed by atoms with van der Waals surface area (Å²) in [6.45, 7) is 15.6. The van der Waals surface area contributed by atoms with E-state index < -0.39 is 0 Å². The van der Waals surface area contributed by atoms with E-state index in [0.717, 1.165) is 150 Å². The lowest BCUT2D eigenvalue weighted by atomic mass is 10.0. The Morgan fingerprint density at radius 1 is 0.402 bits per heavy atom. The van der Waals surface area contributed by atoms with E-state index in [4.69, 9.17) is 28.9 Å². The van der Waals surface area contributed by atoms with Gasteiger partial charge in [0.05, 0.1) is 106 Å². The summed E-state index contributed by atoms with van der Waals surface area (Å²) in [4.78, 5) is 63.3. The van der Waals surface area contributed by atoms with Crippen molar-refractivity contribution in [3.05, 3.63) is 236 Å². The summed E-state index contributed by atoms with van der Waals surface area (Å²) in [5.74, 6) is 4.13. The number of carbonyl (C=O) groups excluding carboxylic acids is 2. The first-order chi connectivity index (χ1) is 58.9. The molecule has 2 amide bonds. The minimum Gasteiger partial charge on any atom is -0.493 e. The largest absolute Gasteiger partial charge is 0.493 e. The number of nitrogens with zero attached hydrogens (tertiary/aromatic N) is 21. The Bertz CT molecular complexity index is 6780. The van der Waals surface area contributed by atoms with Gasteiger partial charge in [0.1, 0.15) is 51.8 Å². The van der Waals surface area contributed by atoms with Crippen LogP contribution in [0.3, 0.4) is 0 Å². The first-order valence-corrected chi connectivity index (χ1v) is 39.8. The number of rotatable bonds is 18. The van der Waals surface area contributed by atoms with Crippen LogP contribution in [-0.2, 0) is 80.1 Å². The van der Waals surface area contributed by atoms with Crippen molar-refractivity contribution in [3.8, 4) is 68.0 Å². The number of halogens is 3. The SMILES string of the molecule is CNC(=O)c1cn2c(NCc3c(F)ccc4c3CCO4)ncc(-c3cc(C)nn3C)c2n1.Cc1cc(-c2cnc(NCc3c(F)ccc4c3CCO4)n3cc(C(=O)N(C)C)nc23)n(C)n1.Cc1cn2c(NCc3c(F)ccc4c3CCO4)ncc(-c3cc(C)nn3C)c2n1.Cc1cn2c(NCc3cccc4c3CCO4)ncc(-c3cc(C)nn3C)c2n1. The van der Waals surface area contributed by atoms with E-state index >= 15 is 0 Å². The molecule has 0 fully saturated rings. The van der Waals surface area contributed by atoms with E-state index in [9.17, 15) is 22.8 Å². The van der Waals surface area contributed by atoms with E-state index in [1.54, 1.807) is 88.5 Å². The minimum atomic E-state index is -0.309. The fourth-order valence-corrected chi connectivity index (χ4v) is 16.1. The van der Waals surface area contributed by atoms with Gasteiger partial charge in [0.2, 0.25) is 23.8 Å². The van der Waals surface area contributed by atoms with Gasteiger partial charge >= 0.3 is 0 Å². The predicted octanol–water partition coefficient (Wildman–Crippen LogP) is 12.0. The van der Waals surface area contributed by atoms with E-state index in [0.29, 0.717) is 97.3 Å². The lowest BCUT2D eigenvalue weighted by Crippen LogP contribution is -2.21. The van der Waals surface area contributed by atoms with Gasteiger partial charge in [-0.1, -0.05) is 12.1 Å². The first-order valence-electron chi connectivity index (χ1n) is 39.8. The van der Waals surface area contributed by atoms with Gasteiger partial charge in [-0.05, 0) is 114 Å². The molecule has 0 atom stereocenters. The molecule has 0 spiro atoms. The summed E-state index contributed by atoms with van der Waals surface area (Å²) in [5.41, 5.74) is 22.6. The molecule has 0 bridgehead atoms. The molecular formula is C87H89F3N26O6. The van der Waals surface area contributed by atoms with Crippen LogP contribution in [0, 0.1) is 59.0 Å². The van der Waals surface area contributed by atoms with Crippen LogP contribution in [0.1, 0.15) is 99.6 Å². The third-order valence-electron chi connectivity index (χ3n) is 21.8. The molecule has 16 heterocycles. The van der Waals surface area contributed by atoms with Gasteiger partial charge < -0.3 is 50.4 Å². The molecule has 0 unspecified atom stereocenters. The highest BCUT2D eigenvalue weighted by atomic mass is 19.1. The second kappa shape index (κ2) is 32.9. The first kappa shape index (κ1) is 79.8. The van der Waals surface area contributed by atoms with Crippen LogP contribution in [0.15, 0.2) is 128 Å². The predicted molar refractivity (Wildman–Crippen MR) is 452 cm³/mol. The Labute approximate surface area is 697 Å². The zero-order valence-electron chi connectivity index (χ0n) is 69.6. The van der Waals surface area contributed by atoms with Crippen molar-refractivity contribution >= 4 is 58.2 Å². The van der Waals surface area contributed by atoms with Crippen molar-refractivity contribution < 1.29 is 41.7 Å². The molecule has 32 nitrogen and oxygen atoms in total. The van der Waals surface area contributed by atoms with E-state index in [1.807, 2.05) is 137 Å². The molecule has 0 radical (unpaired) electrons. The molecule has 5 N–H and O–H groups in total. The fraction of sp³-hybridized carbons (Fsp3) is 0.287. The summed E-state index contributed by atoms with van der Waals surface area (Å²) in [6, 6.07) is 23.5. The Kier molecular flexibility index (Phi) is 21.5. The number of anilines is 4. The molecule has 4 aliphatic heterocycles. The van der Waals surface area contributed by atoms with Gasteiger partial charge in [-0.15, -0.1) is 0 Å². The molecule has 4 aliphatic rings. The van der Waals surface area contributed by atoms with Crippen LogP contribution in [-0.4, -0.2) is 161 Å². The van der Waals surface area contributed by atoms with Gasteiger partial charge in [-0.25, -0.2) is 53.0 Å². The lowest BCUT2D eigenvalue weighted by molar-refractivity contribution is 0.0822. The van der Waals surface area contributed by atoms with Crippen LogP contribution >= 0.6 is 0 Å². The fourth-order valence-electron chi connectivity index (χ4n) is 16.1. The maximum absolute atomic E-state index is 14.6. The standard InChI is InChI=1S/C23H24FN7O2.C22H22FN7O2.C21H21FN6O.C21H22N6O/c1-13-9-19(30(4)28-13)16-11-26-23(31-12-18(27-21(16)31)22(32)29(2)3)25-10-15-14-7-8-33-20(14)6-5-17(15)24;1-12-8-18(29(3)28-12)15-10-26-22(30-11-17(21(31)24-2)27-20(15)30)25-9-14-13-6-7-32-19(13)5-4-16(14)23;1-12-8-18(27(3)26-12)16-10-24-21(28-11-13(2)25-20(16)28)23-9-15-14-6-7-29-19(14)5-4-17(15)22;1-13-9-18(26(3)25-13)17-11-23-21(27-12-14(2)24-20(17)27)22-10-15-5-4-6-19-16(15)7-8-28-19/h5-6,9,11-12H,7-8,10H2,1-4H3,(H,25,26);4-5,8,10-11H,6-7,9H2,1-3H3,(H,24,31)(H,25,26);4-5,8,10-11H,6-7,9H2,1-3H3,(H,23,24);4-6,9,11-12H,7-8,10H2,1-3H3,(H,22,23). The number of hydrogen-bond acceptors (Lipinski definition) is 22. The molecule has 4 aromatic carbocycles. The summed E-state index contributed by atoms with van der Waals surface area (Å²) < 4.78 is 80.5. The van der Waals surface area contributed by atoms with E-state index in [-0.39, 0.29) is 53.7 Å². The number of aromatic nitrogens is 20.